The molecule has 3 N–H and O–H groups in total. The summed E-state index contributed by atoms with van der Waals surface area (Å²) in [6.07, 6.45) is 1.47. The number of ether oxygens (including phenoxy) is 1. The molecule has 7 nitrogen and oxygen atoms in total. The Bertz CT molecular complexity index is 745. The Labute approximate surface area is 177 Å². The minimum Gasteiger partial charge on any atom is -0.459 e. The Balaban J connectivity index is 0.00000364. The second-order valence-electron chi connectivity index (χ2n) is 6.37. The van der Waals surface area contributed by atoms with Gasteiger partial charge in [0.25, 0.3) is 5.91 Å². The fourth-order valence-corrected chi connectivity index (χ4v) is 2.13. The van der Waals surface area contributed by atoms with Crippen LogP contribution in [0.25, 0.3) is 0 Å². The zero-order valence-electron chi connectivity index (χ0n) is 16.0. The number of benzene rings is 1. The van der Waals surface area contributed by atoms with Crippen LogP contribution in [0.4, 0.5) is 5.69 Å². The van der Waals surface area contributed by atoms with Crippen LogP contribution in [-0.4, -0.2) is 38.2 Å². The number of hydrogen-bond donors (Lipinski definition) is 3. The number of hydrogen-bond acceptors (Lipinski definition) is 4. The summed E-state index contributed by atoms with van der Waals surface area (Å²) in [7, 11) is 3.40. The van der Waals surface area contributed by atoms with E-state index in [2.05, 4.69) is 20.9 Å². The minimum atomic E-state index is -0.284. The molecule has 27 heavy (non-hydrogen) atoms. The van der Waals surface area contributed by atoms with E-state index in [1.807, 2.05) is 38.1 Å². The van der Waals surface area contributed by atoms with E-state index in [-0.39, 0.29) is 41.2 Å². The number of furan rings is 1. The third-order valence-electron chi connectivity index (χ3n) is 3.85. The molecule has 0 atom stereocenters. The zero-order valence-corrected chi connectivity index (χ0v) is 18.4. The number of amides is 1. The molecule has 1 heterocycles. The summed E-state index contributed by atoms with van der Waals surface area (Å²) in [6.45, 7) is 5.19. The summed E-state index contributed by atoms with van der Waals surface area (Å²) in [5.74, 6) is 0.679. The van der Waals surface area contributed by atoms with Crippen molar-refractivity contribution in [1.29, 1.82) is 0 Å². The molecule has 0 unspecified atom stereocenters. The summed E-state index contributed by atoms with van der Waals surface area (Å²) in [4.78, 5) is 16.2. The largest absolute Gasteiger partial charge is 0.459 e. The van der Waals surface area contributed by atoms with Crippen LogP contribution >= 0.6 is 24.0 Å². The van der Waals surface area contributed by atoms with Crippen molar-refractivity contribution in [2.24, 2.45) is 4.99 Å². The predicted octanol–water partition coefficient (Wildman–Crippen LogP) is 3.24. The van der Waals surface area contributed by atoms with E-state index >= 15 is 0 Å². The highest BCUT2D eigenvalue weighted by atomic mass is 127. The minimum absolute atomic E-state index is 0. The lowest BCUT2D eigenvalue weighted by molar-refractivity contribution is 0.0268. The van der Waals surface area contributed by atoms with E-state index in [4.69, 9.17) is 9.15 Å². The fraction of sp³-hybridized carbons (Fsp3) is 0.368. The van der Waals surface area contributed by atoms with Gasteiger partial charge in [0.2, 0.25) is 0 Å². The summed E-state index contributed by atoms with van der Waals surface area (Å²) in [5.41, 5.74) is 1.43. The number of guanidine groups is 1. The summed E-state index contributed by atoms with van der Waals surface area (Å²) >= 11 is 0. The third-order valence-corrected chi connectivity index (χ3v) is 3.85. The van der Waals surface area contributed by atoms with Crippen molar-refractivity contribution in [3.05, 3.63) is 54.0 Å². The second kappa shape index (κ2) is 10.9. The van der Waals surface area contributed by atoms with E-state index in [1.165, 1.54) is 6.26 Å². The smallest absolute Gasteiger partial charge is 0.291 e. The van der Waals surface area contributed by atoms with Crippen molar-refractivity contribution in [3.8, 4) is 0 Å². The molecule has 2 rings (SSSR count). The van der Waals surface area contributed by atoms with Crippen LogP contribution in [0.1, 0.15) is 30.0 Å². The van der Waals surface area contributed by atoms with Crippen molar-refractivity contribution in [2.45, 2.75) is 26.0 Å². The molecule has 0 radical (unpaired) electrons. The molecule has 0 aliphatic heterocycles. The van der Waals surface area contributed by atoms with Crippen molar-refractivity contribution in [1.82, 2.24) is 10.6 Å². The normalized spacial score (nSPS) is 11.5. The lowest BCUT2D eigenvalue weighted by Gasteiger charge is -2.24. The van der Waals surface area contributed by atoms with Gasteiger partial charge in [-0.2, -0.15) is 0 Å². The molecule has 1 aromatic heterocycles. The number of rotatable bonds is 7. The Hall–Kier alpha value is -2.07. The number of carbonyl (C=O) groups excluding carboxylic acids is 1. The third kappa shape index (κ3) is 7.59. The Morgan fingerprint density at radius 3 is 2.63 bits per heavy atom. The molecule has 0 fully saturated rings. The molecule has 2 aromatic rings. The van der Waals surface area contributed by atoms with E-state index in [1.54, 1.807) is 26.3 Å². The van der Waals surface area contributed by atoms with Crippen LogP contribution in [0.3, 0.4) is 0 Å². The fourth-order valence-electron chi connectivity index (χ4n) is 2.13. The number of methoxy groups -OCH3 is 1. The van der Waals surface area contributed by atoms with Gasteiger partial charge in [-0.1, -0.05) is 12.1 Å². The Kier molecular flexibility index (Phi) is 9.30. The lowest BCUT2D eigenvalue weighted by atomic mass is 10.1. The Morgan fingerprint density at radius 2 is 2.00 bits per heavy atom. The molecular weight excluding hydrogens is 459 g/mol. The highest BCUT2D eigenvalue weighted by Crippen LogP contribution is 2.12. The van der Waals surface area contributed by atoms with Gasteiger partial charge >= 0.3 is 0 Å². The maximum absolute atomic E-state index is 12.0. The van der Waals surface area contributed by atoms with Crippen molar-refractivity contribution < 1.29 is 13.9 Å². The van der Waals surface area contributed by atoms with E-state index in [0.29, 0.717) is 24.7 Å². The van der Waals surface area contributed by atoms with Crippen molar-refractivity contribution >= 4 is 41.5 Å². The van der Waals surface area contributed by atoms with Gasteiger partial charge in [0.05, 0.1) is 11.9 Å². The number of nitrogens with one attached hydrogen (secondary N) is 3. The number of nitrogens with zero attached hydrogens (tertiary/aromatic N) is 1. The molecule has 1 amide bonds. The molecule has 0 aliphatic carbocycles. The van der Waals surface area contributed by atoms with Crippen LogP contribution in [-0.2, 0) is 11.3 Å². The molecule has 0 spiro atoms. The SMILES string of the molecule is CN=C(NCc1cccc(NC(=O)c2ccco2)c1)NCC(C)(C)OC.I. The van der Waals surface area contributed by atoms with Gasteiger partial charge in [-0.05, 0) is 43.7 Å². The molecule has 0 saturated heterocycles. The van der Waals surface area contributed by atoms with Gasteiger partial charge in [-0.3, -0.25) is 9.79 Å². The lowest BCUT2D eigenvalue weighted by Crippen LogP contribution is -2.45. The van der Waals surface area contributed by atoms with Crippen LogP contribution < -0.4 is 16.0 Å². The number of carbonyl (C=O) groups is 1. The van der Waals surface area contributed by atoms with Crippen LogP contribution in [0.5, 0.6) is 0 Å². The molecule has 0 aliphatic rings. The van der Waals surface area contributed by atoms with Gasteiger partial charge in [0, 0.05) is 32.9 Å². The molecular formula is C19H27IN4O3. The number of aliphatic imine (C=N–C) groups is 1. The molecule has 1 aromatic carbocycles. The highest BCUT2D eigenvalue weighted by molar-refractivity contribution is 14.0. The molecule has 0 bridgehead atoms. The molecule has 0 saturated carbocycles. The second-order valence-corrected chi connectivity index (χ2v) is 6.37. The monoisotopic (exact) mass is 486 g/mol. The van der Waals surface area contributed by atoms with Crippen molar-refractivity contribution in [3.63, 3.8) is 0 Å². The first-order valence-electron chi connectivity index (χ1n) is 8.37. The first kappa shape index (κ1) is 23.0. The molecule has 8 heteroatoms. The van der Waals surface area contributed by atoms with Crippen molar-refractivity contribution in [2.75, 3.05) is 26.0 Å². The van der Waals surface area contributed by atoms with Gasteiger partial charge in [0.15, 0.2) is 11.7 Å². The number of anilines is 1. The average Bonchev–Trinajstić information content (AvgIpc) is 3.17. The standard InChI is InChI=1S/C19H26N4O3.HI/c1-19(2,25-4)13-22-18(20-3)21-12-14-7-5-8-15(11-14)23-17(24)16-9-6-10-26-16;/h5-11H,12-13H2,1-4H3,(H,23,24)(H2,20,21,22);1H. The average molecular weight is 486 g/mol. The maximum atomic E-state index is 12.0. The first-order chi connectivity index (χ1) is 12.4. The topological polar surface area (TPSA) is 87.9 Å². The van der Waals surface area contributed by atoms with Gasteiger partial charge < -0.3 is 25.1 Å². The number of halogens is 1. The van der Waals surface area contributed by atoms with Crippen LogP contribution in [0.15, 0.2) is 52.1 Å². The van der Waals surface area contributed by atoms with E-state index in [9.17, 15) is 4.79 Å². The quantitative estimate of drug-likeness (QED) is 0.318. The summed E-state index contributed by atoms with van der Waals surface area (Å²) < 4.78 is 10.5. The van der Waals surface area contributed by atoms with E-state index in [0.717, 1.165) is 5.56 Å². The zero-order chi connectivity index (χ0) is 19.0. The van der Waals surface area contributed by atoms with Gasteiger partial charge in [-0.25, -0.2) is 0 Å². The van der Waals surface area contributed by atoms with Crippen LogP contribution in [0, 0.1) is 0 Å². The Morgan fingerprint density at radius 1 is 1.22 bits per heavy atom. The van der Waals surface area contributed by atoms with E-state index < -0.39 is 0 Å². The summed E-state index contributed by atoms with van der Waals surface area (Å²) in [5, 5.41) is 9.29. The molecule has 148 valence electrons. The van der Waals surface area contributed by atoms with Gasteiger partial charge in [-0.15, -0.1) is 24.0 Å². The highest BCUT2D eigenvalue weighted by Gasteiger charge is 2.16. The first-order valence-corrected chi connectivity index (χ1v) is 8.37. The maximum Gasteiger partial charge on any atom is 0.291 e. The van der Waals surface area contributed by atoms with Crippen LogP contribution in [0.2, 0.25) is 0 Å². The van der Waals surface area contributed by atoms with Gasteiger partial charge in [0.1, 0.15) is 0 Å². The predicted molar refractivity (Wildman–Crippen MR) is 118 cm³/mol. The summed E-state index contributed by atoms with van der Waals surface area (Å²) in [6, 6.07) is 10.9.